The Kier molecular flexibility index (Phi) is 7.58. The molecule has 1 aliphatic rings. The molecule has 0 saturated heterocycles. The fraction of sp³-hybridized carbons (Fsp3) is 0.115. The molecule has 55 heavy (non-hydrogen) atoms. The van der Waals surface area contributed by atoms with Gasteiger partial charge in [-0.1, -0.05) is 128 Å². The maximum atomic E-state index is 6.32. The van der Waals surface area contributed by atoms with Crippen molar-refractivity contribution in [2.45, 2.75) is 38.0 Å². The summed E-state index contributed by atoms with van der Waals surface area (Å²) in [6, 6.07) is 61.5. The van der Waals surface area contributed by atoms with E-state index in [1.54, 1.807) is 0 Å². The van der Waals surface area contributed by atoms with Crippen molar-refractivity contribution in [3.8, 4) is 22.3 Å². The van der Waals surface area contributed by atoms with Gasteiger partial charge in [0.1, 0.15) is 22.3 Å². The molecule has 0 bridgehead atoms. The normalized spacial score (nSPS) is 13.7. The topological polar surface area (TPSA) is 29.5 Å². The molecular weight excluding hydrogens is 671 g/mol. The van der Waals surface area contributed by atoms with Gasteiger partial charge >= 0.3 is 0 Å². The third-order valence-corrected chi connectivity index (χ3v) is 11.8. The van der Waals surface area contributed by atoms with E-state index in [0.717, 1.165) is 72.1 Å². The number of nitrogens with zero attached hydrogens (tertiary/aromatic N) is 1. The van der Waals surface area contributed by atoms with Crippen LogP contribution in [0.25, 0.3) is 76.9 Å². The van der Waals surface area contributed by atoms with Crippen LogP contribution in [-0.2, 0) is 0 Å². The van der Waals surface area contributed by atoms with Gasteiger partial charge in [-0.3, -0.25) is 0 Å². The highest BCUT2D eigenvalue weighted by Gasteiger charge is 2.23. The molecule has 11 rings (SSSR count). The summed E-state index contributed by atoms with van der Waals surface area (Å²) in [6.07, 6.45) is 6.46. The number of hydrogen-bond acceptors (Lipinski definition) is 3. The number of anilines is 3. The Morgan fingerprint density at radius 2 is 1.02 bits per heavy atom. The first-order valence-corrected chi connectivity index (χ1v) is 19.6. The largest absolute Gasteiger partial charge is 0.456 e. The molecule has 2 heterocycles. The molecule has 1 fully saturated rings. The molecule has 10 aromatic rings. The van der Waals surface area contributed by atoms with Gasteiger partial charge in [0, 0.05) is 38.5 Å². The summed E-state index contributed by atoms with van der Waals surface area (Å²) in [5.74, 6) is 0.583. The summed E-state index contributed by atoms with van der Waals surface area (Å²) in [5, 5.41) is 7.17. The van der Waals surface area contributed by atoms with Crippen LogP contribution in [0, 0.1) is 0 Å². The molecule has 0 atom stereocenters. The predicted octanol–water partition coefficient (Wildman–Crippen LogP) is 15.5. The van der Waals surface area contributed by atoms with E-state index in [1.165, 1.54) is 59.6 Å². The number of benzene rings is 8. The summed E-state index contributed by atoms with van der Waals surface area (Å²) >= 11 is 0. The van der Waals surface area contributed by atoms with Gasteiger partial charge in [0.2, 0.25) is 0 Å². The summed E-state index contributed by atoms with van der Waals surface area (Å²) in [6.45, 7) is 0. The van der Waals surface area contributed by atoms with Crippen LogP contribution in [0.1, 0.15) is 43.6 Å². The molecule has 0 N–H and O–H groups in total. The Bertz CT molecular complexity index is 3040. The van der Waals surface area contributed by atoms with Gasteiger partial charge in [0.25, 0.3) is 0 Å². The zero-order chi connectivity index (χ0) is 36.3. The Hall–Kier alpha value is -6.58. The number of fused-ring (bicyclic) bond motifs is 7. The maximum absolute atomic E-state index is 6.32. The van der Waals surface area contributed by atoms with Gasteiger partial charge in [-0.15, -0.1) is 0 Å². The van der Waals surface area contributed by atoms with Crippen LogP contribution in [0.4, 0.5) is 17.1 Å². The molecule has 264 valence electrons. The standard InChI is InChI=1S/C52H39NO2/c1-2-13-34(14-3-1)40-22-11-15-35-16-12-23-44(52(35)40)41-19-4-7-24-47(41)53(39-28-30-51-46(33-39)43-21-6-9-26-49(43)55-51)38-18-10-17-36(31-38)37-27-29-50-45(32-37)42-20-5-8-25-48(42)54-50/h4-12,15-34H,1-3,13-14H2. The van der Waals surface area contributed by atoms with Crippen molar-refractivity contribution in [1.82, 2.24) is 0 Å². The highest BCUT2D eigenvalue weighted by atomic mass is 16.3. The van der Waals surface area contributed by atoms with E-state index in [4.69, 9.17) is 8.83 Å². The smallest absolute Gasteiger partial charge is 0.135 e. The van der Waals surface area contributed by atoms with Crippen molar-refractivity contribution in [3.63, 3.8) is 0 Å². The van der Waals surface area contributed by atoms with Crippen molar-refractivity contribution in [3.05, 3.63) is 175 Å². The van der Waals surface area contributed by atoms with E-state index in [0.29, 0.717) is 5.92 Å². The molecule has 0 radical (unpaired) electrons. The zero-order valence-electron chi connectivity index (χ0n) is 30.5. The number of rotatable bonds is 6. The first kappa shape index (κ1) is 31.9. The molecule has 0 aliphatic heterocycles. The lowest BCUT2D eigenvalue weighted by Gasteiger charge is -2.29. The summed E-state index contributed by atoms with van der Waals surface area (Å²) in [5.41, 5.74) is 13.2. The Morgan fingerprint density at radius 3 is 1.82 bits per heavy atom. The molecule has 3 nitrogen and oxygen atoms in total. The van der Waals surface area contributed by atoms with Gasteiger partial charge in [0.15, 0.2) is 0 Å². The molecule has 1 aliphatic carbocycles. The monoisotopic (exact) mass is 709 g/mol. The fourth-order valence-electron chi connectivity index (χ4n) is 9.26. The average Bonchev–Trinajstić information content (AvgIpc) is 3.82. The second-order valence-electron chi connectivity index (χ2n) is 15.1. The van der Waals surface area contributed by atoms with Gasteiger partial charge in [-0.2, -0.15) is 0 Å². The van der Waals surface area contributed by atoms with Crippen LogP contribution in [0.3, 0.4) is 0 Å². The third kappa shape index (κ3) is 5.41. The van der Waals surface area contributed by atoms with E-state index in [1.807, 2.05) is 18.2 Å². The van der Waals surface area contributed by atoms with Crippen LogP contribution < -0.4 is 4.90 Å². The molecule has 3 heteroatoms. The van der Waals surface area contributed by atoms with Crippen LogP contribution in [-0.4, -0.2) is 0 Å². The van der Waals surface area contributed by atoms with Crippen molar-refractivity contribution in [2.24, 2.45) is 0 Å². The number of para-hydroxylation sites is 3. The lowest BCUT2D eigenvalue weighted by molar-refractivity contribution is 0.445. The molecule has 2 aromatic heterocycles. The van der Waals surface area contributed by atoms with Gasteiger partial charge in [-0.05, 0) is 112 Å². The first-order chi connectivity index (χ1) is 27.3. The van der Waals surface area contributed by atoms with Crippen molar-refractivity contribution in [2.75, 3.05) is 4.90 Å². The fourth-order valence-corrected chi connectivity index (χ4v) is 9.26. The van der Waals surface area contributed by atoms with E-state index in [2.05, 4.69) is 157 Å². The summed E-state index contributed by atoms with van der Waals surface area (Å²) in [4.78, 5) is 2.44. The van der Waals surface area contributed by atoms with Gasteiger partial charge in [0.05, 0.1) is 5.69 Å². The highest BCUT2D eigenvalue weighted by Crippen LogP contribution is 2.47. The van der Waals surface area contributed by atoms with E-state index in [9.17, 15) is 0 Å². The first-order valence-electron chi connectivity index (χ1n) is 19.6. The molecule has 1 saturated carbocycles. The SMILES string of the molecule is c1cc(-c2ccc3oc4ccccc4c3c2)cc(N(c2ccc3oc4ccccc4c3c2)c2ccccc2-c2cccc3cccc(C4CCCCC4)c23)c1. The minimum Gasteiger partial charge on any atom is -0.456 e. The average molecular weight is 710 g/mol. The predicted molar refractivity (Wildman–Crippen MR) is 230 cm³/mol. The zero-order valence-corrected chi connectivity index (χ0v) is 30.5. The van der Waals surface area contributed by atoms with Gasteiger partial charge < -0.3 is 13.7 Å². The quantitative estimate of drug-likeness (QED) is 0.172. The van der Waals surface area contributed by atoms with E-state index >= 15 is 0 Å². The maximum Gasteiger partial charge on any atom is 0.135 e. The summed E-state index contributed by atoms with van der Waals surface area (Å²) in [7, 11) is 0. The lowest BCUT2D eigenvalue weighted by atomic mass is 9.80. The summed E-state index contributed by atoms with van der Waals surface area (Å²) < 4.78 is 12.5. The van der Waals surface area contributed by atoms with Crippen LogP contribution in [0.15, 0.2) is 179 Å². The van der Waals surface area contributed by atoms with E-state index < -0.39 is 0 Å². The lowest BCUT2D eigenvalue weighted by Crippen LogP contribution is -2.11. The van der Waals surface area contributed by atoms with Crippen LogP contribution in [0.5, 0.6) is 0 Å². The van der Waals surface area contributed by atoms with Crippen molar-refractivity contribution >= 4 is 71.7 Å². The van der Waals surface area contributed by atoms with Crippen LogP contribution >= 0.6 is 0 Å². The molecule has 0 amide bonds. The molecule has 8 aromatic carbocycles. The minimum atomic E-state index is 0.583. The second kappa shape index (κ2) is 13.1. The molecular formula is C52H39NO2. The Labute approximate surface area is 320 Å². The van der Waals surface area contributed by atoms with Crippen LogP contribution in [0.2, 0.25) is 0 Å². The number of hydrogen-bond donors (Lipinski definition) is 0. The Balaban J connectivity index is 1.13. The highest BCUT2D eigenvalue weighted by molar-refractivity contribution is 6.09. The second-order valence-corrected chi connectivity index (χ2v) is 15.1. The van der Waals surface area contributed by atoms with Gasteiger partial charge in [-0.25, -0.2) is 0 Å². The third-order valence-electron chi connectivity index (χ3n) is 11.8. The minimum absolute atomic E-state index is 0.583. The molecule has 0 unspecified atom stereocenters. The van der Waals surface area contributed by atoms with Crippen molar-refractivity contribution in [1.29, 1.82) is 0 Å². The van der Waals surface area contributed by atoms with Crippen molar-refractivity contribution < 1.29 is 8.83 Å². The number of furan rings is 2. The molecule has 0 spiro atoms. The van der Waals surface area contributed by atoms with E-state index in [-0.39, 0.29) is 0 Å². The Morgan fingerprint density at radius 1 is 0.418 bits per heavy atom.